The van der Waals surface area contributed by atoms with Crippen molar-refractivity contribution in [3.8, 4) is 5.75 Å². The van der Waals surface area contributed by atoms with Crippen LogP contribution < -0.4 is 15.4 Å². The standard InChI is InChI=1S/C18H26N2O4S/c1-25(22,23)17-7-5-16(6-8-17)24-13-3-2-4-18(21)20-14-15-9-11-19-12-10-15/h5-9,19H,2-4,10-14H2,1H3,(H,20,21). The number of carbonyl (C=O) groups excluding carboxylic acids is 1. The Morgan fingerprint density at radius 3 is 2.64 bits per heavy atom. The van der Waals surface area contributed by atoms with Crippen LogP contribution in [0, 0.1) is 0 Å². The lowest BCUT2D eigenvalue weighted by atomic mass is 10.1. The minimum atomic E-state index is -3.18. The second kappa shape index (κ2) is 9.58. The maximum absolute atomic E-state index is 11.8. The highest BCUT2D eigenvalue weighted by Crippen LogP contribution is 2.16. The van der Waals surface area contributed by atoms with Gasteiger partial charge in [0.1, 0.15) is 5.75 Å². The summed E-state index contributed by atoms with van der Waals surface area (Å²) in [6.07, 6.45) is 6.32. The van der Waals surface area contributed by atoms with Gasteiger partial charge in [-0.05, 0) is 50.1 Å². The second-order valence-corrected chi connectivity index (χ2v) is 8.16. The third-order valence-electron chi connectivity index (χ3n) is 3.99. The molecule has 6 nitrogen and oxygen atoms in total. The minimum Gasteiger partial charge on any atom is -0.494 e. The molecule has 0 atom stereocenters. The molecule has 1 aromatic rings. The van der Waals surface area contributed by atoms with Gasteiger partial charge in [-0.2, -0.15) is 0 Å². The van der Waals surface area contributed by atoms with Crippen molar-refractivity contribution in [1.29, 1.82) is 0 Å². The summed E-state index contributed by atoms with van der Waals surface area (Å²) in [5.41, 5.74) is 1.29. The molecule has 1 aromatic carbocycles. The van der Waals surface area contributed by atoms with E-state index in [4.69, 9.17) is 4.74 Å². The SMILES string of the molecule is CS(=O)(=O)c1ccc(OCCCCC(=O)NCC2=CCNCC2)cc1. The van der Waals surface area contributed by atoms with Crippen LogP contribution in [0.3, 0.4) is 0 Å². The molecule has 2 rings (SSSR count). The molecule has 1 aliphatic heterocycles. The molecule has 0 aliphatic carbocycles. The molecule has 0 bridgehead atoms. The van der Waals surface area contributed by atoms with Crippen molar-refractivity contribution in [3.05, 3.63) is 35.9 Å². The van der Waals surface area contributed by atoms with Crippen LogP contribution in [0.15, 0.2) is 40.8 Å². The number of hydrogen-bond donors (Lipinski definition) is 2. The van der Waals surface area contributed by atoms with E-state index < -0.39 is 9.84 Å². The van der Waals surface area contributed by atoms with Crippen LogP contribution in [-0.2, 0) is 14.6 Å². The van der Waals surface area contributed by atoms with Gasteiger partial charge < -0.3 is 15.4 Å². The third-order valence-corrected chi connectivity index (χ3v) is 5.12. The monoisotopic (exact) mass is 366 g/mol. The first kappa shape index (κ1) is 19.5. The lowest BCUT2D eigenvalue weighted by molar-refractivity contribution is -0.121. The number of carbonyl (C=O) groups is 1. The zero-order chi connectivity index (χ0) is 18.1. The van der Waals surface area contributed by atoms with Gasteiger partial charge in [-0.1, -0.05) is 11.6 Å². The van der Waals surface area contributed by atoms with Crippen molar-refractivity contribution < 1.29 is 17.9 Å². The van der Waals surface area contributed by atoms with E-state index in [-0.39, 0.29) is 10.8 Å². The third kappa shape index (κ3) is 7.27. The Balaban J connectivity index is 1.58. The molecule has 1 amide bonds. The molecule has 0 radical (unpaired) electrons. The van der Waals surface area contributed by atoms with Crippen LogP contribution in [0.1, 0.15) is 25.7 Å². The molecule has 25 heavy (non-hydrogen) atoms. The second-order valence-electron chi connectivity index (χ2n) is 6.14. The van der Waals surface area contributed by atoms with E-state index in [1.807, 2.05) is 0 Å². The predicted octanol–water partition coefficient (Wildman–Crippen LogP) is 1.68. The van der Waals surface area contributed by atoms with Crippen molar-refractivity contribution in [2.24, 2.45) is 0 Å². The van der Waals surface area contributed by atoms with Crippen molar-refractivity contribution in [2.45, 2.75) is 30.6 Å². The van der Waals surface area contributed by atoms with E-state index in [1.165, 1.54) is 24.0 Å². The molecule has 0 aromatic heterocycles. The Kier molecular flexibility index (Phi) is 7.46. The van der Waals surface area contributed by atoms with Crippen LogP contribution in [0.4, 0.5) is 0 Å². The number of sulfone groups is 1. The fourth-order valence-corrected chi connectivity index (χ4v) is 3.12. The number of hydrogen-bond acceptors (Lipinski definition) is 5. The Morgan fingerprint density at radius 1 is 1.24 bits per heavy atom. The van der Waals surface area contributed by atoms with E-state index >= 15 is 0 Å². The Morgan fingerprint density at radius 2 is 2.00 bits per heavy atom. The molecular weight excluding hydrogens is 340 g/mol. The number of amides is 1. The summed E-state index contributed by atoms with van der Waals surface area (Å²) < 4.78 is 28.3. The first-order chi connectivity index (χ1) is 11.9. The maximum Gasteiger partial charge on any atom is 0.220 e. The minimum absolute atomic E-state index is 0.0666. The van der Waals surface area contributed by atoms with Crippen molar-refractivity contribution >= 4 is 15.7 Å². The molecule has 0 saturated carbocycles. The van der Waals surface area contributed by atoms with Crippen LogP contribution >= 0.6 is 0 Å². The van der Waals surface area contributed by atoms with Gasteiger partial charge in [-0.25, -0.2) is 8.42 Å². The van der Waals surface area contributed by atoms with Gasteiger partial charge in [0.25, 0.3) is 0 Å². The Hall–Kier alpha value is -1.86. The molecule has 138 valence electrons. The van der Waals surface area contributed by atoms with E-state index in [2.05, 4.69) is 16.7 Å². The zero-order valence-corrected chi connectivity index (χ0v) is 15.4. The van der Waals surface area contributed by atoms with Crippen LogP contribution in [0.2, 0.25) is 0 Å². The van der Waals surface area contributed by atoms with E-state index in [0.29, 0.717) is 25.3 Å². The van der Waals surface area contributed by atoms with Crippen molar-refractivity contribution in [2.75, 3.05) is 32.5 Å². The number of nitrogens with one attached hydrogen (secondary N) is 2. The van der Waals surface area contributed by atoms with Gasteiger partial charge in [-0.15, -0.1) is 0 Å². The lowest BCUT2D eigenvalue weighted by Gasteiger charge is -2.14. The smallest absolute Gasteiger partial charge is 0.220 e. The normalized spacial score (nSPS) is 14.7. The predicted molar refractivity (Wildman–Crippen MR) is 97.5 cm³/mol. The van der Waals surface area contributed by atoms with Crippen LogP contribution in [-0.4, -0.2) is 46.8 Å². The largest absolute Gasteiger partial charge is 0.494 e. The fraction of sp³-hybridized carbons (Fsp3) is 0.500. The molecule has 1 heterocycles. The number of unbranched alkanes of at least 4 members (excludes halogenated alkanes) is 1. The first-order valence-electron chi connectivity index (χ1n) is 8.53. The van der Waals surface area contributed by atoms with E-state index in [1.54, 1.807) is 12.1 Å². The first-order valence-corrected chi connectivity index (χ1v) is 10.4. The van der Waals surface area contributed by atoms with Crippen LogP contribution in [0.25, 0.3) is 0 Å². The van der Waals surface area contributed by atoms with Gasteiger partial charge in [0.15, 0.2) is 9.84 Å². The van der Waals surface area contributed by atoms with Gasteiger partial charge in [0.2, 0.25) is 5.91 Å². The Labute approximate surface area is 149 Å². The Bertz CT molecular complexity index is 696. The van der Waals surface area contributed by atoms with Gasteiger partial charge in [0, 0.05) is 25.8 Å². The zero-order valence-electron chi connectivity index (χ0n) is 14.6. The van der Waals surface area contributed by atoms with Gasteiger partial charge >= 0.3 is 0 Å². The van der Waals surface area contributed by atoms with Crippen molar-refractivity contribution in [3.63, 3.8) is 0 Å². The van der Waals surface area contributed by atoms with E-state index in [0.717, 1.165) is 32.4 Å². The molecular formula is C18H26N2O4S. The summed E-state index contributed by atoms with van der Waals surface area (Å²) in [5, 5.41) is 6.19. The average Bonchev–Trinajstić information content (AvgIpc) is 2.60. The molecule has 0 spiro atoms. The number of benzene rings is 1. The molecule has 1 aliphatic rings. The molecule has 7 heteroatoms. The highest BCUT2D eigenvalue weighted by molar-refractivity contribution is 7.90. The molecule has 0 saturated heterocycles. The summed E-state index contributed by atoms with van der Waals surface area (Å²) in [6, 6.07) is 6.37. The maximum atomic E-state index is 11.8. The quantitative estimate of drug-likeness (QED) is 0.513. The molecule has 0 unspecified atom stereocenters. The summed E-state index contributed by atoms with van der Waals surface area (Å²) in [7, 11) is -3.18. The van der Waals surface area contributed by atoms with Crippen molar-refractivity contribution in [1.82, 2.24) is 10.6 Å². The van der Waals surface area contributed by atoms with Crippen LogP contribution in [0.5, 0.6) is 5.75 Å². The number of rotatable bonds is 9. The summed E-state index contributed by atoms with van der Waals surface area (Å²) in [5.74, 6) is 0.701. The topological polar surface area (TPSA) is 84.5 Å². The molecule has 2 N–H and O–H groups in total. The lowest BCUT2D eigenvalue weighted by Crippen LogP contribution is -2.29. The highest BCUT2D eigenvalue weighted by Gasteiger charge is 2.07. The highest BCUT2D eigenvalue weighted by atomic mass is 32.2. The average molecular weight is 366 g/mol. The van der Waals surface area contributed by atoms with Gasteiger partial charge in [0.05, 0.1) is 11.5 Å². The molecule has 0 fully saturated rings. The number of ether oxygens (including phenoxy) is 1. The van der Waals surface area contributed by atoms with E-state index in [9.17, 15) is 13.2 Å². The summed E-state index contributed by atoms with van der Waals surface area (Å²) in [6.45, 7) is 3.00. The fourth-order valence-electron chi connectivity index (χ4n) is 2.49. The summed E-state index contributed by atoms with van der Waals surface area (Å²) in [4.78, 5) is 12.1. The summed E-state index contributed by atoms with van der Waals surface area (Å²) >= 11 is 0. The van der Waals surface area contributed by atoms with Gasteiger partial charge in [-0.3, -0.25) is 4.79 Å².